The van der Waals surface area contributed by atoms with Crippen LogP contribution in [0.15, 0.2) is 36.4 Å². The van der Waals surface area contributed by atoms with E-state index in [0.29, 0.717) is 5.82 Å². The normalized spacial score (nSPS) is 13.3. The molecule has 0 spiro atoms. The number of aromatic nitrogens is 1. The van der Waals surface area contributed by atoms with Crippen molar-refractivity contribution in [2.45, 2.75) is 13.0 Å². The van der Waals surface area contributed by atoms with E-state index in [1.165, 1.54) is 18.5 Å². The maximum Gasteiger partial charge on any atom is 0.238 e. The zero-order valence-electron chi connectivity index (χ0n) is 11.8. The summed E-state index contributed by atoms with van der Waals surface area (Å²) in [6.45, 7) is 1.72. The molecule has 1 heterocycles. The number of para-hydroxylation sites is 1. The van der Waals surface area contributed by atoms with Crippen LogP contribution in [0.3, 0.4) is 0 Å². The van der Waals surface area contributed by atoms with Gasteiger partial charge in [0.2, 0.25) is 10.0 Å². The molecule has 1 atom stereocenters. The lowest BCUT2D eigenvalue weighted by Gasteiger charge is -2.20. The Labute approximate surface area is 119 Å². The van der Waals surface area contributed by atoms with Gasteiger partial charge < -0.3 is 4.74 Å². The molecule has 0 saturated carbocycles. The lowest BCUT2D eigenvalue weighted by atomic mass is 10.2. The SMILES string of the molecule is CO[C@H](C)CS(=O)(=O)N(C)c1ccc2ccccc2n1. The van der Waals surface area contributed by atoms with Gasteiger partial charge in [-0.2, -0.15) is 0 Å². The Morgan fingerprint density at radius 1 is 1.25 bits per heavy atom. The van der Waals surface area contributed by atoms with E-state index in [0.717, 1.165) is 10.9 Å². The monoisotopic (exact) mass is 294 g/mol. The Balaban J connectivity index is 2.33. The Kier molecular flexibility index (Phi) is 4.25. The van der Waals surface area contributed by atoms with E-state index in [1.807, 2.05) is 30.3 Å². The van der Waals surface area contributed by atoms with Gasteiger partial charge in [-0.15, -0.1) is 0 Å². The number of fused-ring (bicyclic) bond motifs is 1. The minimum atomic E-state index is -3.45. The van der Waals surface area contributed by atoms with Crippen LogP contribution in [0.25, 0.3) is 10.9 Å². The average Bonchev–Trinajstić information content (AvgIpc) is 2.45. The van der Waals surface area contributed by atoms with Crippen LogP contribution in [0.4, 0.5) is 5.82 Å². The molecule has 0 radical (unpaired) electrons. The highest BCUT2D eigenvalue weighted by atomic mass is 32.2. The van der Waals surface area contributed by atoms with Crippen molar-refractivity contribution < 1.29 is 13.2 Å². The molecule has 0 saturated heterocycles. The number of anilines is 1. The summed E-state index contributed by atoms with van der Waals surface area (Å²) < 4.78 is 30.7. The summed E-state index contributed by atoms with van der Waals surface area (Å²) in [5, 5.41) is 0.979. The van der Waals surface area contributed by atoms with Crippen LogP contribution < -0.4 is 4.31 Å². The maximum absolute atomic E-state index is 12.2. The molecule has 20 heavy (non-hydrogen) atoms. The minimum absolute atomic E-state index is 0.0749. The summed E-state index contributed by atoms with van der Waals surface area (Å²) in [7, 11) is -0.444. The average molecular weight is 294 g/mol. The molecule has 5 nitrogen and oxygen atoms in total. The molecule has 108 valence electrons. The summed E-state index contributed by atoms with van der Waals surface area (Å²) in [6, 6.07) is 11.2. The third-order valence-electron chi connectivity index (χ3n) is 3.17. The van der Waals surface area contributed by atoms with Crippen molar-refractivity contribution in [1.82, 2.24) is 4.98 Å². The van der Waals surface area contributed by atoms with E-state index in [1.54, 1.807) is 13.0 Å². The first-order valence-electron chi connectivity index (χ1n) is 6.29. The van der Waals surface area contributed by atoms with Crippen LogP contribution in [-0.4, -0.2) is 39.4 Å². The van der Waals surface area contributed by atoms with E-state index < -0.39 is 10.0 Å². The van der Waals surface area contributed by atoms with Crippen LogP contribution in [-0.2, 0) is 14.8 Å². The lowest BCUT2D eigenvalue weighted by molar-refractivity contribution is 0.136. The largest absolute Gasteiger partial charge is 0.381 e. The van der Waals surface area contributed by atoms with Crippen molar-refractivity contribution in [3.8, 4) is 0 Å². The smallest absolute Gasteiger partial charge is 0.238 e. The van der Waals surface area contributed by atoms with Crippen molar-refractivity contribution in [3.63, 3.8) is 0 Å². The second kappa shape index (κ2) is 5.76. The minimum Gasteiger partial charge on any atom is -0.381 e. The quantitative estimate of drug-likeness (QED) is 0.846. The number of nitrogens with zero attached hydrogens (tertiary/aromatic N) is 2. The van der Waals surface area contributed by atoms with Gasteiger partial charge in [-0.05, 0) is 25.1 Å². The molecule has 0 aliphatic heterocycles. The van der Waals surface area contributed by atoms with Crippen LogP contribution in [0, 0.1) is 0 Å². The number of methoxy groups -OCH3 is 1. The summed E-state index contributed by atoms with van der Waals surface area (Å²) in [5.74, 6) is 0.334. The molecule has 2 aromatic rings. The van der Waals surface area contributed by atoms with Gasteiger partial charge in [0.25, 0.3) is 0 Å². The summed E-state index contributed by atoms with van der Waals surface area (Å²) in [6.07, 6.45) is -0.358. The number of benzene rings is 1. The molecule has 1 aromatic heterocycles. The van der Waals surface area contributed by atoms with Gasteiger partial charge in [-0.25, -0.2) is 13.4 Å². The predicted octanol–water partition coefficient (Wildman–Crippen LogP) is 2.04. The highest BCUT2D eigenvalue weighted by Gasteiger charge is 2.22. The standard InChI is InChI=1S/C14H18N2O3S/c1-11(19-3)10-20(17,18)16(2)14-9-8-12-6-4-5-7-13(12)15-14/h4-9,11H,10H2,1-3H3/t11-/m1/s1. The molecular formula is C14H18N2O3S. The second-order valence-corrected chi connectivity index (χ2v) is 6.70. The van der Waals surface area contributed by atoms with Crippen LogP contribution in [0.2, 0.25) is 0 Å². The van der Waals surface area contributed by atoms with Crippen LogP contribution >= 0.6 is 0 Å². The fourth-order valence-corrected chi connectivity index (χ4v) is 3.19. The fourth-order valence-electron chi connectivity index (χ4n) is 1.85. The molecule has 0 unspecified atom stereocenters. The molecule has 0 N–H and O–H groups in total. The topological polar surface area (TPSA) is 59.5 Å². The molecule has 6 heteroatoms. The van der Waals surface area contributed by atoms with Crippen molar-refractivity contribution in [2.24, 2.45) is 0 Å². The third kappa shape index (κ3) is 3.08. The van der Waals surface area contributed by atoms with Gasteiger partial charge in [0.05, 0.1) is 17.4 Å². The first-order valence-corrected chi connectivity index (χ1v) is 7.90. The zero-order chi connectivity index (χ0) is 14.8. The maximum atomic E-state index is 12.2. The number of pyridine rings is 1. The van der Waals surface area contributed by atoms with E-state index in [2.05, 4.69) is 4.98 Å². The fraction of sp³-hybridized carbons (Fsp3) is 0.357. The molecule has 0 aliphatic carbocycles. The molecule has 1 aromatic carbocycles. The third-order valence-corrected chi connectivity index (χ3v) is 5.08. The number of rotatable bonds is 5. The summed E-state index contributed by atoms with van der Waals surface area (Å²) >= 11 is 0. The van der Waals surface area contributed by atoms with Gasteiger partial charge in [-0.1, -0.05) is 18.2 Å². The van der Waals surface area contributed by atoms with Crippen molar-refractivity contribution in [3.05, 3.63) is 36.4 Å². The molecule has 0 fully saturated rings. The Morgan fingerprint density at radius 3 is 2.65 bits per heavy atom. The molecular weight excluding hydrogens is 276 g/mol. The second-order valence-electron chi connectivity index (χ2n) is 4.65. The number of sulfonamides is 1. The molecule has 2 rings (SSSR count). The van der Waals surface area contributed by atoms with Gasteiger partial charge >= 0.3 is 0 Å². The van der Waals surface area contributed by atoms with E-state index in [9.17, 15) is 8.42 Å². The lowest BCUT2D eigenvalue weighted by Crippen LogP contribution is -2.34. The zero-order valence-corrected chi connectivity index (χ0v) is 12.6. The number of hydrogen-bond acceptors (Lipinski definition) is 4. The van der Waals surface area contributed by atoms with Crippen molar-refractivity contribution in [2.75, 3.05) is 24.2 Å². The van der Waals surface area contributed by atoms with Gasteiger partial charge in [-0.3, -0.25) is 4.31 Å². The number of ether oxygens (including phenoxy) is 1. The van der Waals surface area contributed by atoms with E-state index in [4.69, 9.17) is 4.74 Å². The first kappa shape index (κ1) is 14.7. The number of hydrogen-bond donors (Lipinski definition) is 0. The van der Waals surface area contributed by atoms with E-state index >= 15 is 0 Å². The predicted molar refractivity (Wildman–Crippen MR) is 80.4 cm³/mol. The summed E-state index contributed by atoms with van der Waals surface area (Å²) in [5.41, 5.74) is 0.770. The van der Waals surface area contributed by atoms with Gasteiger partial charge in [0.15, 0.2) is 0 Å². The first-order chi connectivity index (χ1) is 9.44. The summed E-state index contributed by atoms with van der Waals surface area (Å²) in [4.78, 5) is 4.38. The highest BCUT2D eigenvalue weighted by molar-refractivity contribution is 7.92. The van der Waals surface area contributed by atoms with Gasteiger partial charge in [0, 0.05) is 19.5 Å². The van der Waals surface area contributed by atoms with Crippen LogP contribution in [0.1, 0.15) is 6.92 Å². The Morgan fingerprint density at radius 2 is 1.95 bits per heavy atom. The highest BCUT2D eigenvalue weighted by Crippen LogP contribution is 2.19. The van der Waals surface area contributed by atoms with Crippen molar-refractivity contribution in [1.29, 1.82) is 0 Å². The Bertz CT molecular complexity index is 700. The van der Waals surface area contributed by atoms with Crippen LogP contribution in [0.5, 0.6) is 0 Å². The van der Waals surface area contributed by atoms with Gasteiger partial charge in [0.1, 0.15) is 5.82 Å². The molecule has 0 aliphatic rings. The van der Waals surface area contributed by atoms with E-state index in [-0.39, 0.29) is 11.9 Å². The Hall–Kier alpha value is -1.66. The molecule has 0 amide bonds. The van der Waals surface area contributed by atoms with Crippen molar-refractivity contribution >= 4 is 26.7 Å². The molecule has 0 bridgehead atoms.